The molecule has 0 radical (unpaired) electrons. The van der Waals surface area contributed by atoms with Crippen LogP contribution in [0, 0.1) is 13.8 Å². The Morgan fingerprint density at radius 1 is 1.03 bits per heavy atom. The quantitative estimate of drug-likeness (QED) is 0.357. The first kappa shape index (κ1) is 20.0. The molecule has 0 saturated carbocycles. The lowest BCUT2D eigenvalue weighted by atomic mass is 10.1. The lowest BCUT2D eigenvalue weighted by Gasteiger charge is -2.07. The van der Waals surface area contributed by atoms with Crippen molar-refractivity contribution < 1.29 is 18.3 Å². The molecule has 154 valence electrons. The Kier molecular flexibility index (Phi) is 6.04. The third kappa shape index (κ3) is 4.83. The Morgan fingerprint density at radius 3 is 2.67 bits per heavy atom. The summed E-state index contributed by atoms with van der Waals surface area (Å²) in [5, 5.41) is 8.57. The number of aromatic nitrogens is 3. The van der Waals surface area contributed by atoms with Crippen LogP contribution in [0.1, 0.15) is 22.7 Å². The van der Waals surface area contributed by atoms with E-state index in [0.29, 0.717) is 22.8 Å². The van der Waals surface area contributed by atoms with E-state index in [-0.39, 0.29) is 6.61 Å². The van der Waals surface area contributed by atoms with Crippen molar-refractivity contribution in [1.29, 1.82) is 0 Å². The van der Waals surface area contributed by atoms with Crippen molar-refractivity contribution in [2.24, 2.45) is 0 Å². The van der Waals surface area contributed by atoms with Crippen molar-refractivity contribution in [3.05, 3.63) is 71.4 Å². The molecule has 0 fully saturated rings. The fourth-order valence-corrected chi connectivity index (χ4v) is 3.39. The first-order valence-electron chi connectivity index (χ1n) is 9.35. The fraction of sp³-hybridized carbons (Fsp3) is 0.227. The van der Waals surface area contributed by atoms with E-state index in [0.717, 1.165) is 33.9 Å². The van der Waals surface area contributed by atoms with Crippen molar-refractivity contribution in [2.45, 2.75) is 31.4 Å². The molecule has 0 bridgehead atoms. The molecule has 8 heteroatoms. The van der Waals surface area contributed by atoms with Crippen LogP contribution in [-0.2, 0) is 12.4 Å². The zero-order valence-electron chi connectivity index (χ0n) is 16.9. The smallest absolute Gasteiger partial charge is 0.277 e. The lowest BCUT2D eigenvalue weighted by Crippen LogP contribution is -1.97. The van der Waals surface area contributed by atoms with Gasteiger partial charge in [0.05, 0.1) is 12.8 Å². The van der Waals surface area contributed by atoms with Gasteiger partial charge in [0, 0.05) is 11.3 Å². The molecule has 0 aliphatic carbocycles. The van der Waals surface area contributed by atoms with Gasteiger partial charge >= 0.3 is 0 Å². The Morgan fingerprint density at radius 2 is 1.87 bits per heavy atom. The average molecular weight is 423 g/mol. The van der Waals surface area contributed by atoms with Crippen LogP contribution in [0.15, 0.2) is 62.8 Å². The molecule has 0 saturated heterocycles. The third-order valence-electron chi connectivity index (χ3n) is 4.38. The first-order chi connectivity index (χ1) is 14.6. The van der Waals surface area contributed by atoms with Crippen LogP contribution in [-0.4, -0.2) is 22.3 Å². The Bertz CT molecular complexity index is 1120. The van der Waals surface area contributed by atoms with Crippen molar-refractivity contribution in [2.75, 3.05) is 7.11 Å². The van der Waals surface area contributed by atoms with Gasteiger partial charge in [-0.2, -0.15) is 0 Å². The summed E-state index contributed by atoms with van der Waals surface area (Å²) in [6.07, 6.45) is 1.63. The van der Waals surface area contributed by atoms with Gasteiger partial charge in [-0.15, -0.1) is 10.2 Å². The van der Waals surface area contributed by atoms with Crippen LogP contribution >= 0.6 is 11.8 Å². The Labute approximate surface area is 178 Å². The molecule has 7 nitrogen and oxygen atoms in total. The zero-order chi connectivity index (χ0) is 20.9. The summed E-state index contributed by atoms with van der Waals surface area (Å²) in [5.41, 5.74) is 3.88. The molecule has 0 aliphatic heterocycles. The van der Waals surface area contributed by atoms with Crippen molar-refractivity contribution in [3.63, 3.8) is 0 Å². The van der Waals surface area contributed by atoms with E-state index in [4.69, 9.17) is 18.3 Å². The number of ether oxygens (including phenoxy) is 2. The van der Waals surface area contributed by atoms with Crippen LogP contribution in [0.2, 0.25) is 0 Å². The summed E-state index contributed by atoms with van der Waals surface area (Å²) in [6, 6.07) is 13.6. The van der Waals surface area contributed by atoms with E-state index >= 15 is 0 Å². The number of methoxy groups -OCH3 is 1. The SMILES string of the molecule is COc1ccc(-c2nc(CSc3nnc(COc4cc(C)ccc4C)o3)co2)cc1. The van der Waals surface area contributed by atoms with Crippen LogP contribution in [0.4, 0.5) is 0 Å². The summed E-state index contributed by atoms with van der Waals surface area (Å²) in [6.45, 7) is 4.25. The molecule has 4 rings (SSSR count). The van der Waals surface area contributed by atoms with E-state index in [1.807, 2.05) is 56.3 Å². The van der Waals surface area contributed by atoms with Gasteiger partial charge in [0.1, 0.15) is 17.8 Å². The second kappa shape index (κ2) is 9.04. The maximum absolute atomic E-state index is 5.81. The molecule has 2 aromatic carbocycles. The number of benzene rings is 2. The van der Waals surface area contributed by atoms with Crippen molar-refractivity contribution in [3.8, 4) is 23.0 Å². The predicted octanol–water partition coefficient (Wildman–Crippen LogP) is 5.22. The van der Waals surface area contributed by atoms with Crippen LogP contribution < -0.4 is 9.47 Å². The minimum atomic E-state index is 0.226. The topological polar surface area (TPSA) is 83.4 Å². The molecule has 4 aromatic rings. The van der Waals surface area contributed by atoms with E-state index in [1.54, 1.807) is 13.4 Å². The summed E-state index contributed by atoms with van der Waals surface area (Å²) >= 11 is 1.40. The third-order valence-corrected chi connectivity index (χ3v) is 5.23. The number of hydrogen-bond donors (Lipinski definition) is 0. The van der Waals surface area contributed by atoms with Crippen LogP contribution in [0.5, 0.6) is 11.5 Å². The maximum Gasteiger partial charge on any atom is 0.277 e. The van der Waals surface area contributed by atoms with Crippen LogP contribution in [0.25, 0.3) is 11.5 Å². The highest BCUT2D eigenvalue weighted by Gasteiger charge is 2.12. The van der Waals surface area contributed by atoms with Gasteiger partial charge in [0.15, 0.2) is 6.61 Å². The Balaban J connectivity index is 1.32. The standard InChI is InChI=1S/C22H21N3O4S/c1-14-4-5-15(2)19(10-14)27-12-20-24-25-22(29-20)30-13-17-11-28-21(23-17)16-6-8-18(26-3)9-7-16/h4-11H,12-13H2,1-3H3. The second-order valence-corrected chi connectivity index (χ2v) is 7.61. The zero-order valence-corrected chi connectivity index (χ0v) is 17.7. The summed E-state index contributed by atoms with van der Waals surface area (Å²) < 4.78 is 22.2. The number of hydrogen-bond acceptors (Lipinski definition) is 8. The van der Waals surface area contributed by atoms with Gasteiger partial charge in [-0.05, 0) is 55.3 Å². The van der Waals surface area contributed by atoms with Crippen LogP contribution in [0.3, 0.4) is 0 Å². The van der Waals surface area contributed by atoms with E-state index in [1.165, 1.54) is 11.8 Å². The number of oxazole rings is 1. The molecule has 30 heavy (non-hydrogen) atoms. The molecule has 0 N–H and O–H groups in total. The average Bonchev–Trinajstić information content (AvgIpc) is 3.42. The van der Waals surface area contributed by atoms with Gasteiger partial charge in [-0.3, -0.25) is 0 Å². The largest absolute Gasteiger partial charge is 0.497 e. The maximum atomic E-state index is 5.81. The molecular formula is C22H21N3O4S. The Hall–Kier alpha value is -3.26. The normalized spacial score (nSPS) is 10.9. The van der Waals surface area contributed by atoms with Gasteiger partial charge in [0.2, 0.25) is 5.89 Å². The van der Waals surface area contributed by atoms with Crippen molar-refractivity contribution >= 4 is 11.8 Å². The number of aryl methyl sites for hydroxylation is 2. The second-order valence-electron chi connectivity index (χ2n) is 6.68. The van der Waals surface area contributed by atoms with Gasteiger partial charge < -0.3 is 18.3 Å². The minimum Gasteiger partial charge on any atom is -0.497 e. The molecule has 0 unspecified atom stereocenters. The number of rotatable bonds is 8. The molecular weight excluding hydrogens is 402 g/mol. The van der Waals surface area contributed by atoms with Gasteiger partial charge in [0.25, 0.3) is 11.1 Å². The summed E-state index contributed by atoms with van der Waals surface area (Å²) in [7, 11) is 1.63. The summed E-state index contributed by atoms with van der Waals surface area (Å²) in [4.78, 5) is 4.51. The molecule has 0 spiro atoms. The highest BCUT2D eigenvalue weighted by atomic mass is 32.2. The summed E-state index contributed by atoms with van der Waals surface area (Å²) in [5.74, 6) is 3.14. The van der Waals surface area contributed by atoms with E-state index < -0.39 is 0 Å². The molecule has 0 amide bonds. The van der Waals surface area contributed by atoms with E-state index in [2.05, 4.69) is 15.2 Å². The first-order valence-corrected chi connectivity index (χ1v) is 10.3. The highest BCUT2D eigenvalue weighted by Crippen LogP contribution is 2.26. The molecule has 2 heterocycles. The highest BCUT2D eigenvalue weighted by molar-refractivity contribution is 7.98. The molecule has 2 aromatic heterocycles. The number of nitrogens with zero attached hydrogens (tertiary/aromatic N) is 3. The predicted molar refractivity (Wildman–Crippen MR) is 113 cm³/mol. The fourth-order valence-electron chi connectivity index (χ4n) is 2.73. The number of thioether (sulfide) groups is 1. The molecule has 0 atom stereocenters. The van der Waals surface area contributed by atoms with Gasteiger partial charge in [-0.25, -0.2) is 4.98 Å². The van der Waals surface area contributed by atoms with Gasteiger partial charge in [-0.1, -0.05) is 23.9 Å². The van der Waals surface area contributed by atoms with E-state index in [9.17, 15) is 0 Å². The monoisotopic (exact) mass is 423 g/mol. The minimum absolute atomic E-state index is 0.226. The lowest BCUT2D eigenvalue weighted by molar-refractivity contribution is 0.250. The van der Waals surface area contributed by atoms with Crippen molar-refractivity contribution in [1.82, 2.24) is 15.2 Å². The molecule has 0 aliphatic rings.